The molecule has 0 N–H and O–H groups in total. The number of aryl methyl sites for hydroxylation is 1. The van der Waals surface area contributed by atoms with Gasteiger partial charge in [-0.05, 0) is 49.1 Å². The monoisotopic (exact) mass is 453 g/mol. The van der Waals surface area contributed by atoms with E-state index in [-0.39, 0.29) is 11.8 Å². The molecular weight excluding hydrogens is 426 g/mol. The fourth-order valence-electron chi connectivity index (χ4n) is 4.48. The molecule has 1 amide bonds. The molecule has 5 rings (SSSR count). The van der Waals surface area contributed by atoms with Crippen LogP contribution in [0.3, 0.4) is 0 Å². The number of carbonyl (C=O) groups is 1. The van der Waals surface area contributed by atoms with Crippen molar-refractivity contribution in [3.8, 4) is 11.6 Å². The number of piperidine rings is 1. The molecule has 0 aliphatic carbocycles. The summed E-state index contributed by atoms with van der Waals surface area (Å²) in [5.41, 5.74) is 3.63. The first-order valence-electron chi connectivity index (χ1n) is 11.6. The number of amides is 1. The predicted octanol–water partition coefficient (Wildman–Crippen LogP) is 4.84. The summed E-state index contributed by atoms with van der Waals surface area (Å²) in [6.45, 7) is 3.95. The van der Waals surface area contributed by atoms with Crippen LogP contribution in [0.4, 0.5) is 0 Å². The van der Waals surface area contributed by atoms with E-state index >= 15 is 0 Å². The summed E-state index contributed by atoms with van der Waals surface area (Å²) in [7, 11) is 0. The van der Waals surface area contributed by atoms with Crippen molar-refractivity contribution in [3.05, 3.63) is 102 Å². The second-order valence-electron chi connectivity index (χ2n) is 8.65. The van der Waals surface area contributed by atoms with E-state index in [2.05, 4.69) is 15.0 Å². The summed E-state index contributed by atoms with van der Waals surface area (Å²) in [5.74, 6) is 1.35. The van der Waals surface area contributed by atoms with Crippen LogP contribution < -0.4 is 4.74 Å². The van der Waals surface area contributed by atoms with Crippen molar-refractivity contribution < 1.29 is 9.53 Å². The van der Waals surface area contributed by atoms with Gasteiger partial charge in [-0.3, -0.25) is 9.78 Å². The molecule has 0 unspecified atom stereocenters. The second-order valence-corrected chi connectivity index (χ2v) is 8.65. The molecule has 7 nitrogen and oxygen atoms in total. The molecule has 1 saturated heterocycles. The third-order valence-corrected chi connectivity index (χ3v) is 6.15. The molecule has 1 atom stereocenters. The summed E-state index contributed by atoms with van der Waals surface area (Å²) in [6.07, 6.45) is 10.6. The zero-order chi connectivity index (χ0) is 23.3. The van der Waals surface area contributed by atoms with Crippen LogP contribution in [0.2, 0.25) is 0 Å². The van der Waals surface area contributed by atoms with Gasteiger partial charge in [-0.15, -0.1) is 0 Å². The number of likely N-dealkylation sites (tertiary alicyclic amines) is 1. The molecule has 172 valence electrons. The SMILES string of the molecule is Cc1cccc(Oc2nccnc2[C@H]2CCCN(C(=O)c3ccccc3Cn3ccnc3)C2)c1. The predicted molar refractivity (Wildman–Crippen MR) is 129 cm³/mol. The average molecular weight is 454 g/mol. The van der Waals surface area contributed by atoms with Crippen LogP contribution in [0.15, 0.2) is 79.6 Å². The molecule has 0 saturated carbocycles. The molecule has 0 radical (unpaired) electrons. The summed E-state index contributed by atoms with van der Waals surface area (Å²) in [4.78, 5) is 28.7. The van der Waals surface area contributed by atoms with E-state index in [1.54, 1.807) is 24.9 Å². The van der Waals surface area contributed by atoms with Gasteiger partial charge in [0.1, 0.15) is 11.4 Å². The van der Waals surface area contributed by atoms with Crippen molar-refractivity contribution >= 4 is 5.91 Å². The number of carbonyl (C=O) groups excluding carboxylic acids is 1. The fourth-order valence-corrected chi connectivity index (χ4v) is 4.48. The lowest BCUT2D eigenvalue weighted by Crippen LogP contribution is -2.39. The molecule has 0 bridgehead atoms. The van der Waals surface area contributed by atoms with Gasteiger partial charge in [0, 0.05) is 55.9 Å². The molecule has 2 aromatic carbocycles. The number of benzene rings is 2. The molecule has 34 heavy (non-hydrogen) atoms. The highest BCUT2D eigenvalue weighted by atomic mass is 16.5. The number of ether oxygens (including phenoxy) is 1. The molecule has 3 heterocycles. The number of aromatic nitrogens is 4. The third-order valence-electron chi connectivity index (χ3n) is 6.15. The lowest BCUT2D eigenvalue weighted by Gasteiger charge is -2.33. The van der Waals surface area contributed by atoms with Crippen LogP contribution in [0.1, 0.15) is 45.9 Å². The smallest absolute Gasteiger partial charge is 0.254 e. The van der Waals surface area contributed by atoms with Crippen molar-refractivity contribution in [3.63, 3.8) is 0 Å². The highest BCUT2D eigenvalue weighted by Crippen LogP contribution is 2.33. The number of nitrogens with zero attached hydrogens (tertiary/aromatic N) is 5. The number of hydrogen-bond donors (Lipinski definition) is 0. The maximum atomic E-state index is 13.6. The van der Waals surface area contributed by atoms with Crippen molar-refractivity contribution in [2.24, 2.45) is 0 Å². The van der Waals surface area contributed by atoms with Gasteiger partial charge in [-0.1, -0.05) is 30.3 Å². The van der Waals surface area contributed by atoms with E-state index in [1.807, 2.05) is 71.1 Å². The van der Waals surface area contributed by atoms with Crippen LogP contribution in [0, 0.1) is 6.92 Å². The normalized spacial score (nSPS) is 15.8. The zero-order valence-electron chi connectivity index (χ0n) is 19.2. The molecule has 1 aliphatic rings. The molecule has 1 fully saturated rings. The van der Waals surface area contributed by atoms with E-state index < -0.39 is 0 Å². The van der Waals surface area contributed by atoms with Gasteiger partial charge in [-0.25, -0.2) is 9.97 Å². The number of hydrogen-bond acceptors (Lipinski definition) is 5. The maximum Gasteiger partial charge on any atom is 0.254 e. The Balaban J connectivity index is 1.36. The lowest BCUT2D eigenvalue weighted by atomic mass is 9.93. The largest absolute Gasteiger partial charge is 0.437 e. The van der Waals surface area contributed by atoms with E-state index in [1.165, 1.54) is 0 Å². The quantitative estimate of drug-likeness (QED) is 0.418. The minimum atomic E-state index is 0.0467. The molecular formula is C27H27N5O2. The molecule has 4 aromatic rings. The molecule has 7 heteroatoms. The second kappa shape index (κ2) is 9.87. The van der Waals surface area contributed by atoms with E-state index in [0.717, 1.165) is 47.5 Å². The Morgan fingerprint density at radius 2 is 1.97 bits per heavy atom. The van der Waals surface area contributed by atoms with Gasteiger partial charge in [0.05, 0.1) is 6.33 Å². The van der Waals surface area contributed by atoms with Crippen LogP contribution in [0.25, 0.3) is 0 Å². The Morgan fingerprint density at radius 3 is 2.82 bits per heavy atom. The molecule has 2 aromatic heterocycles. The van der Waals surface area contributed by atoms with Crippen LogP contribution in [-0.2, 0) is 6.54 Å². The topological polar surface area (TPSA) is 73.1 Å². The Morgan fingerprint density at radius 1 is 1.09 bits per heavy atom. The lowest BCUT2D eigenvalue weighted by molar-refractivity contribution is 0.0703. The van der Waals surface area contributed by atoms with Crippen molar-refractivity contribution in [2.45, 2.75) is 32.2 Å². The maximum absolute atomic E-state index is 13.6. The third kappa shape index (κ3) is 4.83. The number of imidazole rings is 1. The first kappa shape index (κ1) is 21.8. The van der Waals surface area contributed by atoms with Gasteiger partial charge in [0.2, 0.25) is 5.88 Å². The van der Waals surface area contributed by atoms with Gasteiger partial charge < -0.3 is 14.2 Å². The first-order chi connectivity index (χ1) is 16.7. The Bertz CT molecular complexity index is 1270. The number of rotatable bonds is 6. The summed E-state index contributed by atoms with van der Waals surface area (Å²) >= 11 is 0. The standard InChI is InChI=1S/C27H27N5O2/c1-20-6-4-9-23(16-20)34-26-25(29-11-12-30-26)22-8-5-14-32(18-22)27(33)24-10-3-2-7-21(24)17-31-15-13-28-19-31/h2-4,6-7,9-13,15-16,19,22H,5,8,14,17-18H2,1H3/t22-/m0/s1. The summed E-state index contributed by atoms with van der Waals surface area (Å²) in [6, 6.07) is 15.7. The first-order valence-corrected chi connectivity index (χ1v) is 11.6. The van der Waals surface area contributed by atoms with E-state index in [9.17, 15) is 4.79 Å². The van der Waals surface area contributed by atoms with Gasteiger partial charge in [-0.2, -0.15) is 0 Å². The van der Waals surface area contributed by atoms with Crippen LogP contribution in [-0.4, -0.2) is 43.4 Å². The van der Waals surface area contributed by atoms with Crippen molar-refractivity contribution in [1.82, 2.24) is 24.4 Å². The average Bonchev–Trinajstić information content (AvgIpc) is 3.38. The van der Waals surface area contributed by atoms with Gasteiger partial charge >= 0.3 is 0 Å². The van der Waals surface area contributed by atoms with Gasteiger partial charge in [0.15, 0.2) is 0 Å². The molecule has 1 aliphatic heterocycles. The van der Waals surface area contributed by atoms with Crippen LogP contribution in [0.5, 0.6) is 11.6 Å². The fraction of sp³-hybridized carbons (Fsp3) is 0.259. The van der Waals surface area contributed by atoms with E-state index in [4.69, 9.17) is 4.74 Å². The zero-order valence-corrected chi connectivity index (χ0v) is 19.2. The highest BCUT2D eigenvalue weighted by molar-refractivity contribution is 5.95. The van der Waals surface area contributed by atoms with Crippen LogP contribution >= 0.6 is 0 Å². The van der Waals surface area contributed by atoms with E-state index in [0.29, 0.717) is 19.0 Å². The van der Waals surface area contributed by atoms with Crippen molar-refractivity contribution in [1.29, 1.82) is 0 Å². The Labute approximate surface area is 199 Å². The highest BCUT2D eigenvalue weighted by Gasteiger charge is 2.29. The van der Waals surface area contributed by atoms with Gasteiger partial charge in [0.25, 0.3) is 5.91 Å². The van der Waals surface area contributed by atoms with Crippen molar-refractivity contribution in [2.75, 3.05) is 13.1 Å². The Kier molecular flexibility index (Phi) is 6.33. The summed E-state index contributed by atoms with van der Waals surface area (Å²) in [5, 5.41) is 0. The minimum absolute atomic E-state index is 0.0467. The summed E-state index contributed by atoms with van der Waals surface area (Å²) < 4.78 is 8.09. The molecule has 0 spiro atoms. The Hall–Kier alpha value is -4.00. The minimum Gasteiger partial charge on any atom is -0.437 e.